The third-order valence-electron chi connectivity index (χ3n) is 3.37. The van der Waals surface area contributed by atoms with E-state index in [0.717, 1.165) is 25.9 Å². The molecule has 0 saturated carbocycles. The van der Waals surface area contributed by atoms with Crippen LogP contribution < -0.4 is 0 Å². The van der Waals surface area contributed by atoms with Crippen LogP contribution in [0, 0.1) is 0 Å². The Balaban J connectivity index is 2.11. The summed E-state index contributed by atoms with van der Waals surface area (Å²) >= 11 is 0. The molecule has 106 valence electrons. The molecule has 0 N–H and O–H groups in total. The molecule has 0 aromatic rings. The molecule has 0 aliphatic carbocycles. The monoisotopic (exact) mass is 256 g/mol. The van der Waals surface area contributed by atoms with Crippen molar-refractivity contribution >= 4 is 5.97 Å². The van der Waals surface area contributed by atoms with Crippen molar-refractivity contribution in [1.29, 1.82) is 0 Å². The molecule has 1 heterocycles. The summed E-state index contributed by atoms with van der Waals surface area (Å²) in [5.74, 6) is -0.0423. The van der Waals surface area contributed by atoms with E-state index in [2.05, 4.69) is 0 Å². The van der Waals surface area contributed by atoms with Gasteiger partial charge in [0.15, 0.2) is 0 Å². The Hall–Kier alpha value is -0.570. The van der Waals surface area contributed by atoms with Gasteiger partial charge < -0.3 is 9.47 Å². The smallest absolute Gasteiger partial charge is 0.305 e. The van der Waals surface area contributed by atoms with Gasteiger partial charge in [0, 0.05) is 26.1 Å². The Labute approximate surface area is 111 Å². The molecule has 1 rings (SSSR count). The molecule has 0 aromatic carbocycles. The second-order valence-corrected chi connectivity index (χ2v) is 5.12. The summed E-state index contributed by atoms with van der Waals surface area (Å²) < 4.78 is 10.7. The molecule has 0 atom stereocenters. The maximum Gasteiger partial charge on any atom is 0.305 e. The lowest BCUT2D eigenvalue weighted by atomic mass is 10.1. The third-order valence-corrected chi connectivity index (χ3v) is 3.37. The lowest BCUT2D eigenvalue weighted by Gasteiger charge is -2.05. The minimum Gasteiger partial charge on any atom is -0.466 e. The highest BCUT2D eigenvalue weighted by Crippen LogP contribution is 2.11. The number of cyclic esters (lactones) is 1. The minimum absolute atomic E-state index is 0.0423. The standard InChI is InChI=1S/C15H28O3/c16-15-11-8-6-4-2-1-3-5-7-9-12-17-13-10-14-18-15/h1-14H2. The summed E-state index contributed by atoms with van der Waals surface area (Å²) in [6, 6.07) is 0. The zero-order valence-corrected chi connectivity index (χ0v) is 11.6. The number of hydrogen-bond donors (Lipinski definition) is 0. The topological polar surface area (TPSA) is 35.5 Å². The van der Waals surface area contributed by atoms with Crippen LogP contribution in [-0.4, -0.2) is 25.8 Å². The fourth-order valence-corrected chi connectivity index (χ4v) is 2.23. The largest absolute Gasteiger partial charge is 0.466 e. The molecule has 0 radical (unpaired) electrons. The van der Waals surface area contributed by atoms with Crippen molar-refractivity contribution in [2.75, 3.05) is 19.8 Å². The second-order valence-electron chi connectivity index (χ2n) is 5.12. The van der Waals surface area contributed by atoms with Crippen LogP contribution in [0.2, 0.25) is 0 Å². The quantitative estimate of drug-likeness (QED) is 0.617. The number of esters is 1. The molecular weight excluding hydrogens is 228 g/mol. The van der Waals surface area contributed by atoms with Crippen LogP contribution in [0.15, 0.2) is 0 Å². The highest BCUT2D eigenvalue weighted by molar-refractivity contribution is 5.69. The molecular formula is C15H28O3. The maximum atomic E-state index is 11.4. The van der Waals surface area contributed by atoms with Crippen molar-refractivity contribution in [1.82, 2.24) is 0 Å². The molecule has 1 saturated heterocycles. The normalized spacial score (nSPS) is 23.0. The number of rotatable bonds is 0. The number of carbonyl (C=O) groups excluding carboxylic acids is 1. The van der Waals surface area contributed by atoms with E-state index in [1.165, 1.54) is 44.9 Å². The zero-order valence-electron chi connectivity index (χ0n) is 11.6. The van der Waals surface area contributed by atoms with Crippen LogP contribution in [0.25, 0.3) is 0 Å². The highest BCUT2D eigenvalue weighted by atomic mass is 16.5. The van der Waals surface area contributed by atoms with Gasteiger partial charge in [0.2, 0.25) is 0 Å². The van der Waals surface area contributed by atoms with Crippen molar-refractivity contribution in [2.24, 2.45) is 0 Å². The van der Waals surface area contributed by atoms with Gasteiger partial charge in [0.1, 0.15) is 0 Å². The Morgan fingerprint density at radius 2 is 1.17 bits per heavy atom. The third kappa shape index (κ3) is 9.46. The summed E-state index contributed by atoms with van der Waals surface area (Å²) in [7, 11) is 0. The van der Waals surface area contributed by atoms with Crippen molar-refractivity contribution in [3.63, 3.8) is 0 Å². The van der Waals surface area contributed by atoms with Gasteiger partial charge in [-0.05, 0) is 12.8 Å². The van der Waals surface area contributed by atoms with Gasteiger partial charge in [-0.3, -0.25) is 4.79 Å². The first-order valence-electron chi connectivity index (χ1n) is 7.63. The first-order chi connectivity index (χ1) is 8.89. The van der Waals surface area contributed by atoms with Gasteiger partial charge in [0.25, 0.3) is 0 Å². The minimum atomic E-state index is -0.0423. The SMILES string of the molecule is O=C1CCCCCCCCCCCOCCCO1. The first kappa shape index (κ1) is 15.5. The van der Waals surface area contributed by atoms with E-state index in [0.29, 0.717) is 19.6 Å². The molecule has 0 unspecified atom stereocenters. The molecule has 0 spiro atoms. The first-order valence-corrected chi connectivity index (χ1v) is 7.63. The lowest BCUT2D eigenvalue weighted by molar-refractivity contribution is -0.144. The molecule has 18 heavy (non-hydrogen) atoms. The van der Waals surface area contributed by atoms with Crippen LogP contribution in [0.4, 0.5) is 0 Å². The van der Waals surface area contributed by atoms with Crippen LogP contribution >= 0.6 is 0 Å². The second kappa shape index (κ2) is 11.5. The van der Waals surface area contributed by atoms with Crippen molar-refractivity contribution in [3.05, 3.63) is 0 Å². The molecule has 1 aliphatic rings. The molecule has 3 heteroatoms. The van der Waals surface area contributed by atoms with E-state index in [1.54, 1.807) is 0 Å². The average molecular weight is 256 g/mol. The van der Waals surface area contributed by atoms with E-state index in [1.807, 2.05) is 0 Å². The Morgan fingerprint density at radius 1 is 0.611 bits per heavy atom. The lowest BCUT2D eigenvalue weighted by Crippen LogP contribution is -2.08. The van der Waals surface area contributed by atoms with Gasteiger partial charge >= 0.3 is 5.97 Å². The van der Waals surface area contributed by atoms with Crippen molar-refractivity contribution < 1.29 is 14.3 Å². The highest BCUT2D eigenvalue weighted by Gasteiger charge is 2.02. The van der Waals surface area contributed by atoms with Crippen molar-refractivity contribution in [3.8, 4) is 0 Å². The van der Waals surface area contributed by atoms with Crippen LogP contribution in [0.5, 0.6) is 0 Å². The Bertz CT molecular complexity index is 184. The van der Waals surface area contributed by atoms with Gasteiger partial charge in [-0.1, -0.05) is 44.9 Å². The molecule has 1 aliphatic heterocycles. The van der Waals surface area contributed by atoms with Crippen LogP contribution in [-0.2, 0) is 14.3 Å². The molecule has 0 aromatic heterocycles. The van der Waals surface area contributed by atoms with E-state index in [4.69, 9.17) is 9.47 Å². The van der Waals surface area contributed by atoms with Gasteiger partial charge in [-0.15, -0.1) is 0 Å². The molecule has 3 nitrogen and oxygen atoms in total. The summed E-state index contributed by atoms with van der Waals surface area (Å²) in [5, 5.41) is 0. The van der Waals surface area contributed by atoms with E-state index in [-0.39, 0.29) is 5.97 Å². The van der Waals surface area contributed by atoms with Crippen molar-refractivity contribution in [2.45, 2.75) is 70.6 Å². The number of carbonyl (C=O) groups is 1. The summed E-state index contributed by atoms with van der Waals surface area (Å²) in [6.07, 6.45) is 12.6. The van der Waals surface area contributed by atoms with Gasteiger partial charge in [-0.2, -0.15) is 0 Å². The number of hydrogen-bond acceptors (Lipinski definition) is 3. The fraction of sp³-hybridized carbons (Fsp3) is 0.933. The molecule has 1 fully saturated rings. The summed E-state index contributed by atoms with van der Waals surface area (Å²) in [4.78, 5) is 11.4. The van der Waals surface area contributed by atoms with E-state index in [9.17, 15) is 4.79 Å². The van der Waals surface area contributed by atoms with E-state index < -0.39 is 0 Å². The van der Waals surface area contributed by atoms with Gasteiger partial charge in [0.05, 0.1) is 6.61 Å². The van der Waals surface area contributed by atoms with Gasteiger partial charge in [-0.25, -0.2) is 0 Å². The number of ether oxygens (including phenoxy) is 2. The zero-order chi connectivity index (χ0) is 12.9. The maximum absolute atomic E-state index is 11.4. The predicted octanol–water partition coefficient (Wildman–Crippen LogP) is 3.85. The Kier molecular flexibility index (Phi) is 9.91. The average Bonchev–Trinajstić information content (AvgIpc) is 2.37. The summed E-state index contributed by atoms with van der Waals surface area (Å²) in [6.45, 7) is 2.08. The summed E-state index contributed by atoms with van der Waals surface area (Å²) in [5.41, 5.74) is 0. The molecule has 0 bridgehead atoms. The van der Waals surface area contributed by atoms with Crippen LogP contribution in [0.1, 0.15) is 70.6 Å². The van der Waals surface area contributed by atoms with E-state index >= 15 is 0 Å². The Morgan fingerprint density at radius 3 is 1.89 bits per heavy atom. The molecule has 0 amide bonds. The fourth-order valence-electron chi connectivity index (χ4n) is 2.23. The predicted molar refractivity (Wildman–Crippen MR) is 72.6 cm³/mol. The van der Waals surface area contributed by atoms with Crippen LogP contribution in [0.3, 0.4) is 0 Å².